The summed E-state index contributed by atoms with van der Waals surface area (Å²) < 4.78 is 26.4. The van der Waals surface area contributed by atoms with E-state index in [2.05, 4.69) is 0 Å². The van der Waals surface area contributed by atoms with Crippen LogP contribution >= 0.6 is 0 Å². The first-order valence-electron chi connectivity index (χ1n) is 8.82. The molecule has 0 radical (unpaired) electrons. The van der Waals surface area contributed by atoms with E-state index in [0.29, 0.717) is 28.2 Å². The van der Waals surface area contributed by atoms with Crippen molar-refractivity contribution in [2.75, 3.05) is 21.0 Å². The van der Waals surface area contributed by atoms with Gasteiger partial charge < -0.3 is 28.5 Å². The first-order valence-corrected chi connectivity index (χ1v) is 8.82. The van der Waals surface area contributed by atoms with Crippen LogP contribution in [0.5, 0.6) is 23.0 Å². The molecule has 0 fully saturated rings. The van der Waals surface area contributed by atoms with E-state index in [1.807, 2.05) is 0 Å². The summed E-state index contributed by atoms with van der Waals surface area (Å²) >= 11 is 0. The van der Waals surface area contributed by atoms with Crippen LogP contribution < -0.4 is 19.8 Å². The van der Waals surface area contributed by atoms with Crippen LogP contribution in [-0.4, -0.2) is 32.1 Å². The predicted octanol–water partition coefficient (Wildman–Crippen LogP) is 2.93. The van der Waals surface area contributed by atoms with Gasteiger partial charge in [-0.05, 0) is 29.8 Å². The lowest BCUT2D eigenvalue weighted by Crippen LogP contribution is -2.18. The molecule has 2 aromatic carbocycles. The third kappa shape index (κ3) is 3.22. The number of para-hydroxylation sites is 1. The Hall–Kier alpha value is -3.68. The van der Waals surface area contributed by atoms with Crippen molar-refractivity contribution >= 4 is 16.9 Å². The van der Waals surface area contributed by atoms with Gasteiger partial charge in [0.25, 0.3) is 0 Å². The Balaban J connectivity index is 1.94. The molecule has 150 valence electrons. The fourth-order valence-electron chi connectivity index (χ4n) is 3.44. The third-order valence-corrected chi connectivity index (χ3v) is 4.85. The molecule has 0 spiro atoms. The SMILES string of the molecule is COC(=O)C[C@@H](c1cc(OC)c2c(c1)OCO2)c1c(O)c2ccccc2oc1=O. The van der Waals surface area contributed by atoms with E-state index in [1.54, 1.807) is 36.4 Å². The standard InChI is InChI=1S/C21H18O8/c1-25-15-7-11(8-16-20(15)28-10-27-16)13(9-17(22)26-2)18-19(23)12-5-3-4-6-14(12)29-21(18)24/h3-8,13,23H,9-10H2,1-2H3/t13-/m0/s1. The Labute approximate surface area is 165 Å². The van der Waals surface area contributed by atoms with Gasteiger partial charge in [0.2, 0.25) is 12.5 Å². The number of carbonyl (C=O) groups excluding carboxylic acids is 1. The normalized spacial score (nSPS) is 13.3. The van der Waals surface area contributed by atoms with Crippen molar-refractivity contribution in [3.8, 4) is 23.0 Å². The second-order valence-corrected chi connectivity index (χ2v) is 6.44. The largest absolute Gasteiger partial charge is 0.507 e. The first kappa shape index (κ1) is 18.7. The summed E-state index contributed by atoms with van der Waals surface area (Å²) in [5.41, 5.74) is -0.0324. The van der Waals surface area contributed by atoms with Crippen molar-refractivity contribution in [3.05, 3.63) is 57.9 Å². The monoisotopic (exact) mass is 398 g/mol. The molecule has 2 heterocycles. The number of carbonyl (C=O) groups is 1. The van der Waals surface area contributed by atoms with Crippen LogP contribution in [-0.2, 0) is 9.53 Å². The van der Waals surface area contributed by atoms with Crippen LogP contribution in [0.25, 0.3) is 11.0 Å². The van der Waals surface area contributed by atoms with E-state index in [0.717, 1.165) is 0 Å². The lowest BCUT2D eigenvalue weighted by molar-refractivity contribution is -0.140. The number of esters is 1. The molecule has 0 amide bonds. The Morgan fingerprint density at radius 1 is 1.21 bits per heavy atom. The van der Waals surface area contributed by atoms with Crippen LogP contribution in [0.1, 0.15) is 23.5 Å². The maximum absolute atomic E-state index is 12.8. The maximum atomic E-state index is 12.8. The molecular formula is C21H18O8. The Kier molecular flexibility index (Phi) is 4.75. The second kappa shape index (κ2) is 7.38. The summed E-state index contributed by atoms with van der Waals surface area (Å²) in [6, 6.07) is 9.90. The van der Waals surface area contributed by atoms with Crippen molar-refractivity contribution in [1.82, 2.24) is 0 Å². The average molecular weight is 398 g/mol. The summed E-state index contributed by atoms with van der Waals surface area (Å²) in [4.78, 5) is 24.9. The van der Waals surface area contributed by atoms with Crippen molar-refractivity contribution in [3.63, 3.8) is 0 Å². The molecule has 1 N–H and O–H groups in total. The number of hydrogen-bond donors (Lipinski definition) is 1. The van der Waals surface area contributed by atoms with Crippen LogP contribution in [0, 0.1) is 0 Å². The fourth-order valence-corrected chi connectivity index (χ4v) is 3.44. The van der Waals surface area contributed by atoms with Gasteiger partial charge in [0.05, 0.1) is 31.6 Å². The van der Waals surface area contributed by atoms with E-state index < -0.39 is 17.5 Å². The lowest BCUT2D eigenvalue weighted by atomic mass is 9.87. The van der Waals surface area contributed by atoms with E-state index in [-0.39, 0.29) is 30.1 Å². The maximum Gasteiger partial charge on any atom is 0.343 e. The molecule has 8 nitrogen and oxygen atoms in total. The minimum Gasteiger partial charge on any atom is -0.507 e. The molecule has 1 aromatic heterocycles. The summed E-state index contributed by atoms with van der Waals surface area (Å²) in [6.45, 7) is 0.0280. The molecule has 4 rings (SSSR count). The van der Waals surface area contributed by atoms with Gasteiger partial charge in [-0.25, -0.2) is 4.79 Å². The third-order valence-electron chi connectivity index (χ3n) is 4.85. The smallest absolute Gasteiger partial charge is 0.343 e. The van der Waals surface area contributed by atoms with Crippen molar-refractivity contribution < 1.29 is 33.3 Å². The van der Waals surface area contributed by atoms with Crippen molar-refractivity contribution in [2.24, 2.45) is 0 Å². The van der Waals surface area contributed by atoms with Gasteiger partial charge in [0.1, 0.15) is 11.3 Å². The number of ether oxygens (including phenoxy) is 4. The number of benzene rings is 2. The number of aromatic hydroxyl groups is 1. The number of fused-ring (bicyclic) bond motifs is 2. The first-order chi connectivity index (χ1) is 14.0. The van der Waals surface area contributed by atoms with Gasteiger partial charge in [-0.3, -0.25) is 4.79 Å². The topological polar surface area (TPSA) is 104 Å². The zero-order chi connectivity index (χ0) is 20.5. The number of rotatable bonds is 5. The Morgan fingerprint density at radius 2 is 2.00 bits per heavy atom. The molecule has 29 heavy (non-hydrogen) atoms. The highest BCUT2D eigenvalue weighted by molar-refractivity contribution is 5.85. The van der Waals surface area contributed by atoms with Crippen molar-refractivity contribution in [1.29, 1.82) is 0 Å². The highest BCUT2D eigenvalue weighted by Crippen LogP contribution is 2.45. The van der Waals surface area contributed by atoms with Crippen LogP contribution in [0.15, 0.2) is 45.6 Å². The molecule has 0 saturated heterocycles. The lowest BCUT2D eigenvalue weighted by Gasteiger charge is -2.19. The molecule has 0 unspecified atom stereocenters. The van der Waals surface area contributed by atoms with Crippen LogP contribution in [0.4, 0.5) is 0 Å². The van der Waals surface area contributed by atoms with Crippen LogP contribution in [0.3, 0.4) is 0 Å². The van der Waals surface area contributed by atoms with E-state index >= 15 is 0 Å². The molecule has 3 aromatic rings. The van der Waals surface area contributed by atoms with Gasteiger partial charge >= 0.3 is 11.6 Å². The van der Waals surface area contributed by atoms with Gasteiger partial charge in [0.15, 0.2) is 11.5 Å². The van der Waals surface area contributed by atoms with E-state index in [1.165, 1.54) is 14.2 Å². The summed E-state index contributed by atoms with van der Waals surface area (Å²) in [7, 11) is 2.72. The van der Waals surface area contributed by atoms with E-state index in [9.17, 15) is 14.7 Å². The molecule has 1 atom stereocenters. The fraction of sp³-hybridized carbons (Fsp3) is 0.238. The van der Waals surface area contributed by atoms with E-state index in [4.69, 9.17) is 23.4 Å². The minimum atomic E-state index is -0.855. The van der Waals surface area contributed by atoms with Gasteiger partial charge in [0, 0.05) is 5.92 Å². The highest BCUT2D eigenvalue weighted by atomic mass is 16.7. The van der Waals surface area contributed by atoms with Gasteiger partial charge in [-0.1, -0.05) is 12.1 Å². The molecule has 0 saturated carbocycles. The molecule has 0 bridgehead atoms. The van der Waals surface area contributed by atoms with Crippen molar-refractivity contribution in [2.45, 2.75) is 12.3 Å². The summed E-state index contributed by atoms with van der Waals surface area (Å²) in [6.07, 6.45) is -0.198. The number of hydrogen-bond acceptors (Lipinski definition) is 8. The predicted molar refractivity (Wildman–Crippen MR) is 102 cm³/mol. The quantitative estimate of drug-likeness (QED) is 0.517. The average Bonchev–Trinajstić information content (AvgIpc) is 3.20. The Bertz CT molecular complexity index is 1150. The van der Waals surface area contributed by atoms with Crippen LogP contribution in [0.2, 0.25) is 0 Å². The molecule has 0 aliphatic carbocycles. The van der Waals surface area contributed by atoms with Gasteiger partial charge in [-0.2, -0.15) is 0 Å². The zero-order valence-corrected chi connectivity index (χ0v) is 15.8. The minimum absolute atomic E-state index is 0.0280. The van der Waals surface area contributed by atoms with Gasteiger partial charge in [-0.15, -0.1) is 0 Å². The molecular weight excluding hydrogens is 380 g/mol. The second-order valence-electron chi connectivity index (χ2n) is 6.44. The zero-order valence-electron chi connectivity index (χ0n) is 15.8. The number of methoxy groups -OCH3 is 2. The summed E-state index contributed by atoms with van der Waals surface area (Å²) in [5.74, 6) is -0.427. The summed E-state index contributed by atoms with van der Waals surface area (Å²) in [5, 5.41) is 11.2. The highest BCUT2D eigenvalue weighted by Gasteiger charge is 2.30. The Morgan fingerprint density at radius 3 is 2.76 bits per heavy atom. The molecule has 1 aliphatic heterocycles. The molecule has 1 aliphatic rings. The molecule has 8 heteroatoms.